The highest BCUT2D eigenvalue weighted by Crippen LogP contribution is 2.27. The van der Waals surface area contributed by atoms with E-state index in [1.807, 2.05) is 40.0 Å². The van der Waals surface area contributed by atoms with Crippen LogP contribution in [-0.2, 0) is 11.3 Å². The number of aryl methyl sites for hydroxylation is 2. The first kappa shape index (κ1) is 21.8. The van der Waals surface area contributed by atoms with E-state index >= 15 is 0 Å². The summed E-state index contributed by atoms with van der Waals surface area (Å²) in [5, 5.41) is 7.79. The Morgan fingerprint density at radius 3 is 2.59 bits per heavy atom. The van der Waals surface area contributed by atoms with Crippen LogP contribution < -0.4 is 5.32 Å². The average molecular weight is 431 g/mol. The molecule has 0 bridgehead atoms. The third kappa shape index (κ3) is 4.90. The van der Waals surface area contributed by atoms with E-state index in [9.17, 15) is 9.59 Å². The quantitative estimate of drug-likeness (QED) is 0.666. The number of hydrogen-bond donors (Lipinski definition) is 1. The molecule has 2 aromatic carbocycles. The van der Waals surface area contributed by atoms with Crippen LogP contribution in [0.15, 0.2) is 54.7 Å². The summed E-state index contributed by atoms with van der Waals surface area (Å²) < 4.78 is 1.85. The van der Waals surface area contributed by atoms with Crippen LogP contribution in [0.4, 0.5) is 0 Å². The summed E-state index contributed by atoms with van der Waals surface area (Å²) in [5.41, 5.74) is 5.76. The molecule has 2 amide bonds. The Bertz CT molecular complexity index is 1120. The van der Waals surface area contributed by atoms with Crippen molar-refractivity contribution in [1.29, 1.82) is 0 Å². The normalized spacial score (nSPS) is 16.1. The highest BCUT2D eigenvalue weighted by Gasteiger charge is 2.28. The maximum absolute atomic E-state index is 13.6. The van der Waals surface area contributed by atoms with Crippen molar-refractivity contribution >= 4 is 11.8 Å². The molecule has 0 saturated carbocycles. The van der Waals surface area contributed by atoms with Crippen LogP contribution >= 0.6 is 0 Å². The van der Waals surface area contributed by atoms with Crippen molar-refractivity contribution in [1.82, 2.24) is 20.0 Å². The second-order valence-corrected chi connectivity index (χ2v) is 8.66. The molecule has 1 aromatic heterocycles. The second kappa shape index (κ2) is 9.39. The number of hydrogen-bond acceptors (Lipinski definition) is 3. The predicted octanol–water partition coefficient (Wildman–Crippen LogP) is 3.96. The van der Waals surface area contributed by atoms with Gasteiger partial charge in [0.2, 0.25) is 5.91 Å². The standard InChI is InChI=1S/C26H30N4O2/c1-18-11-12-22(14-19(18)2)25-24(17-30(28-25)15-21-8-5-4-6-9-21)26(32)29-13-7-10-23(16-29)27-20(3)31/h4-6,8-9,11-12,14,17,23H,7,10,13,15-16H2,1-3H3,(H,27,31). The lowest BCUT2D eigenvalue weighted by Crippen LogP contribution is -2.49. The number of nitrogens with one attached hydrogen (secondary N) is 1. The fourth-order valence-corrected chi connectivity index (χ4v) is 4.27. The maximum Gasteiger partial charge on any atom is 0.257 e. The molecule has 1 atom stereocenters. The highest BCUT2D eigenvalue weighted by atomic mass is 16.2. The van der Waals surface area contributed by atoms with Crippen LogP contribution in [0.2, 0.25) is 0 Å². The molecule has 1 aliphatic rings. The van der Waals surface area contributed by atoms with Gasteiger partial charge in [0.05, 0.1) is 12.1 Å². The van der Waals surface area contributed by atoms with Gasteiger partial charge in [0, 0.05) is 37.8 Å². The van der Waals surface area contributed by atoms with E-state index < -0.39 is 0 Å². The van der Waals surface area contributed by atoms with Crippen molar-refractivity contribution < 1.29 is 9.59 Å². The molecule has 0 spiro atoms. The largest absolute Gasteiger partial charge is 0.352 e. The number of nitrogens with zero attached hydrogens (tertiary/aromatic N) is 3. The summed E-state index contributed by atoms with van der Waals surface area (Å²) in [6.07, 6.45) is 3.62. The minimum absolute atomic E-state index is 0.00497. The molecule has 1 unspecified atom stereocenters. The number of likely N-dealkylation sites (tertiary alicyclic amines) is 1. The molecule has 6 nitrogen and oxygen atoms in total. The Hall–Kier alpha value is -3.41. The molecule has 3 aromatic rings. The van der Waals surface area contributed by atoms with Crippen molar-refractivity contribution in [2.45, 2.75) is 46.2 Å². The Kier molecular flexibility index (Phi) is 6.40. The SMILES string of the molecule is CC(=O)NC1CCCN(C(=O)c2cn(Cc3ccccc3)nc2-c2ccc(C)c(C)c2)C1. The molecule has 1 saturated heterocycles. The van der Waals surface area contributed by atoms with E-state index in [0.29, 0.717) is 30.9 Å². The summed E-state index contributed by atoms with van der Waals surface area (Å²) >= 11 is 0. The summed E-state index contributed by atoms with van der Waals surface area (Å²) in [6.45, 7) is 7.48. The number of rotatable bonds is 5. The topological polar surface area (TPSA) is 67.2 Å². The van der Waals surface area contributed by atoms with Crippen LogP contribution in [0.3, 0.4) is 0 Å². The van der Waals surface area contributed by atoms with E-state index in [2.05, 4.69) is 43.4 Å². The fourth-order valence-electron chi connectivity index (χ4n) is 4.27. The second-order valence-electron chi connectivity index (χ2n) is 8.66. The molecule has 6 heteroatoms. The van der Waals surface area contributed by atoms with Crippen molar-refractivity contribution in [3.8, 4) is 11.3 Å². The lowest BCUT2D eigenvalue weighted by atomic mass is 10.0. The van der Waals surface area contributed by atoms with Gasteiger partial charge in [-0.25, -0.2) is 0 Å². The Balaban J connectivity index is 1.67. The number of amides is 2. The smallest absolute Gasteiger partial charge is 0.257 e. The average Bonchev–Trinajstić information content (AvgIpc) is 3.19. The van der Waals surface area contributed by atoms with Gasteiger partial charge in [-0.3, -0.25) is 14.3 Å². The van der Waals surface area contributed by atoms with E-state index in [1.54, 1.807) is 0 Å². The number of aromatic nitrogens is 2. The minimum atomic E-state index is -0.0594. The number of carbonyl (C=O) groups excluding carboxylic acids is 2. The number of carbonyl (C=O) groups is 2. The fraction of sp³-hybridized carbons (Fsp3) is 0.346. The van der Waals surface area contributed by atoms with Gasteiger partial charge in [-0.05, 0) is 49.4 Å². The van der Waals surface area contributed by atoms with Gasteiger partial charge in [0.25, 0.3) is 5.91 Å². The van der Waals surface area contributed by atoms with Gasteiger partial charge in [0.1, 0.15) is 5.69 Å². The van der Waals surface area contributed by atoms with E-state index in [1.165, 1.54) is 18.1 Å². The van der Waals surface area contributed by atoms with E-state index in [4.69, 9.17) is 5.10 Å². The molecule has 1 aliphatic heterocycles. The molecule has 0 radical (unpaired) electrons. The minimum Gasteiger partial charge on any atom is -0.352 e. The summed E-state index contributed by atoms with van der Waals surface area (Å²) in [6, 6.07) is 16.3. The zero-order chi connectivity index (χ0) is 22.7. The molecule has 1 N–H and O–H groups in total. The van der Waals surface area contributed by atoms with Gasteiger partial charge in [-0.15, -0.1) is 0 Å². The van der Waals surface area contributed by atoms with E-state index in [0.717, 1.165) is 24.0 Å². The summed E-state index contributed by atoms with van der Waals surface area (Å²) in [5.74, 6) is -0.0941. The lowest BCUT2D eigenvalue weighted by Gasteiger charge is -2.33. The third-order valence-corrected chi connectivity index (χ3v) is 6.08. The van der Waals surface area contributed by atoms with Crippen LogP contribution in [0.25, 0.3) is 11.3 Å². The Morgan fingerprint density at radius 2 is 1.88 bits per heavy atom. The van der Waals surface area contributed by atoms with Crippen LogP contribution in [0.5, 0.6) is 0 Å². The van der Waals surface area contributed by atoms with Crippen molar-refractivity contribution in [2.24, 2.45) is 0 Å². The predicted molar refractivity (Wildman–Crippen MR) is 125 cm³/mol. The van der Waals surface area contributed by atoms with Crippen molar-refractivity contribution in [2.75, 3.05) is 13.1 Å². The molecule has 2 heterocycles. The number of piperidine rings is 1. The van der Waals surface area contributed by atoms with Gasteiger partial charge in [0.15, 0.2) is 0 Å². The molecule has 4 rings (SSSR count). The number of benzene rings is 2. The third-order valence-electron chi connectivity index (χ3n) is 6.08. The van der Waals surface area contributed by atoms with Crippen LogP contribution in [-0.4, -0.2) is 45.6 Å². The summed E-state index contributed by atoms with van der Waals surface area (Å²) in [4.78, 5) is 27.0. The van der Waals surface area contributed by atoms with Crippen molar-refractivity contribution in [3.63, 3.8) is 0 Å². The monoisotopic (exact) mass is 430 g/mol. The first-order valence-corrected chi connectivity index (χ1v) is 11.2. The lowest BCUT2D eigenvalue weighted by molar-refractivity contribution is -0.120. The maximum atomic E-state index is 13.6. The Labute approximate surface area is 189 Å². The summed E-state index contributed by atoms with van der Waals surface area (Å²) in [7, 11) is 0. The zero-order valence-corrected chi connectivity index (χ0v) is 19.0. The zero-order valence-electron chi connectivity index (χ0n) is 19.0. The molecule has 32 heavy (non-hydrogen) atoms. The molecule has 0 aliphatic carbocycles. The van der Waals surface area contributed by atoms with Crippen LogP contribution in [0, 0.1) is 13.8 Å². The molecular formula is C26H30N4O2. The van der Waals surface area contributed by atoms with Gasteiger partial charge in [-0.1, -0.05) is 42.5 Å². The van der Waals surface area contributed by atoms with E-state index in [-0.39, 0.29) is 17.9 Å². The first-order valence-electron chi connectivity index (χ1n) is 11.2. The molecule has 166 valence electrons. The van der Waals surface area contributed by atoms with Gasteiger partial charge < -0.3 is 10.2 Å². The Morgan fingerprint density at radius 1 is 1.09 bits per heavy atom. The van der Waals surface area contributed by atoms with Crippen molar-refractivity contribution in [3.05, 3.63) is 77.0 Å². The first-order chi connectivity index (χ1) is 15.4. The van der Waals surface area contributed by atoms with Crippen LogP contribution in [0.1, 0.15) is 46.8 Å². The molecular weight excluding hydrogens is 400 g/mol. The van der Waals surface area contributed by atoms with Gasteiger partial charge >= 0.3 is 0 Å². The molecule has 1 fully saturated rings. The highest BCUT2D eigenvalue weighted by molar-refractivity contribution is 6.00. The van der Waals surface area contributed by atoms with Gasteiger partial charge in [-0.2, -0.15) is 5.10 Å².